The van der Waals surface area contributed by atoms with Crippen LogP contribution >= 0.6 is 0 Å². The van der Waals surface area contributed by atoms with Gasteiger partial charge in [0.1, 0.15) is 23.9 Å². The van der Waals surface area contributed by atoms with Crippen LogP contribution in [-0.4, -0.2) is 48.6 Å². The number of benzene rings is 2. The number of ether oxygens (including phenoxy) is 2. The summed E-state index contributed by atoms with van der Waals surface area (Å²) in [5.41, 5.74) is 3.34. The molecule has 1 saturated heterocycles. The van der Waals surface area contributed by atoms with Crippen molar-refractivity contribution < 1.29 is 18.7 Å². The predicted molar refractivity (Wildman–Crippen MR) is 148 cm³/mol. The van der Waals surface area contributed by atoms with Gasteiger partial charge in [-0.1, -0.05) is 38.5 Å². The number of aromatic nitrogens is 1. The molecule has 6 nitrogen and oxygen atoms in total. The summed E-state index contributed by atoms with van der Waals surface area (Å²) in [5, 5.41) is 2.84. The van der Waals surface area contributed by atoms with Crippen LogP contribution in [0.5, 0.6) is 11.5 Å². The van der Waals surface area contributed by atoms with E-state index < -0.39 is 0 Å². The summed E-state index contributed by atoms with van der Waals surface area (Å²) in [6, 6.07) is 16.4. The highest BCUT2D eigenvalue weighted by Crippen LogP contribution is 2.22. The number of hydrogen-bond donors (Lipinski definition) is 1. The Balaban J connectivity index is 1.23. The molecule has 0 unspecified atom stereocenters. The Kier molecular flexibility index (Phi) is 10.1. The van der Waals surface area contributed by atoms with Crippen LogP contribution in [0.25, 0.3) is 11.1 Å². The van der Waals surface area contributed by atoms with Crippen molar-refractivity contribution in [3.05, 3.63) is 77.9 Å². The first kappa shape index (κ1) is 27.6. The molecule has 38 heavy (non-hydrogen) atoms. The molecular weight excluding hydrogens is 481 g/mol. The van der Waals surface area contributed by atoms with Gasteiger partial charge in [0.15, 0.2) is 0 Å². The lowest BCUT2D eigenvalue weighted by atomic mass is 10.1. The van der Waals surface area contributed by atoms with E-state index in [0.29, 0.717) is 36.1 Å². The van der Waals surface area contributed by atoms with Gasteiger partial charge in [-0.05, 0) is 73.3 Å². The van der Waals surface area contributed by atoms with Gasteiger partial charge in [-0.3, -0.25) is 14.7 Å². The third kappa shape index (κ3) is 8.84. The molecule has 0 atom stereocenters. The molecule has 0 aliphatic carbocycles. The summed E-state index contributed by atoms with van der Waals surface area (Å²) < 4.78 is 25.5. The number of hydrogen-bond acceptors (Lipinski definition) is 5. The summed E-state index contributed by atoms with van der Waals surface area (Å²) in [6.45, 7) is 8.81. The number of likely N-dealkylation sites (tertiary alicyclic amines) is 1. The van der Waals surface area contributed by atoms with Crippen molar-refractivity contribution in [1.29, 1.82) is 0 Å². The Morgan fingerprint density at radius 3 is 2.45 bits per heavy atom. The molecule has 1 amide bonds. The Bertz CT molecular complexity index is 1160. The fraction of sp³-hybridized carbons (Fsp3) is 0.419. The summed E-state index contributed by atoms with van der Waals surface area (Å²) in [7, 11) is 0. The van der Waals surface area contributed by atoms with Crippen molar-refractivity contribution in [2.45, 2.75) is 46.1 Å². The first-order valence-corrected chi connectivity index (χ1v) is 13.5. The number of nitrogens with one attached hydrogen (secondary N) is 1. The lowest BCUT2D eigenvalue weighted by molar-refractivity contribution is -0.120. The second-order valence-electron chi connectivity index (χ2n) is 10.3. The molecule has 4 rings (SSSR count). The summed E-state index contributed by atoms with van der Waals surface area (Å²) in [4.78, 5) is 19.4. The van der Waals surface area contributed by atoms with Gasteiger partial charge in [-0.2, -0.15) is 0 Å². The Hall–Kier alpha value is -3.45. The third-order valence-corrected chi connectivity index (χ3v) is 6.48. The molecule has 2 aromatic carbocycles. The maximum atomic E-state index is 13.9. The van der Waals surface area contributed by atoms with Gasteiger partial charge >= 0.3 is 0 Å². The highest BCUT2D eigenvalue weighted by molar-refractivity contribution is 5.78. The number of nitrogens with zero attached hydrogens (tertiary/aromatic N) is 2. The number of piperidine rings is 1. The van der Waals surface area contributed by atoms with E-state index in [4.69, 9.17) is 9.47 Å². The van der Waals surface area contributed by atoms with Gasteiger partial charge < -0.3 is 14.8 Å². The van der Waals surface area contributed by atoms with Crippen LogP contribution < -0.4 is 14.8 Å². The largest absolute Gasteiger partial charge is 0.493 e. The molecule has 1 aliphatic rings. The zero-order valence-corrected chi connectivity index (χ0v) is 22.4. The van der Waals surface area contributed by atoms with Gasteiger partial charge in [0.2, 0.25) is 5.91 Å². The first-order chi connectivity index (χ1) is 18.4. The van der Waals surface area contributed by atoms with Gasteiger partial charge in [0, 0.05) is 36.6 Å². The van der Waals surface area contributed by atoms with E-state index in [9.17, 15) is 9.18 Å². The minimum atomic E-state index is -0.384. The second-order valence-corrected chi connectivity index (χ2v) is 10.3. The van der Waals surface area contributed by atoms with Crippen LogP contribution in [0.1, 0.15) is 44.4 Å². The Morgan fingerprint density at radius 2 is 1.74 bits per heavy atom. The highest BCUT2D eigenvalue weighted by Gasteiger charge is 2.10. The number of pyridine rings is 1. The van der Waals surface area contributed by atoms with Crippen LogP contribution in [-0.2, 0) is 17.8 Å². The van der Waals surface area contributed by atoms with Crippen molar-refractivity contribution in [1.82, 2.24) is 15.2 Å². The number of carbonyl (C=O) groups is 1. The Labute approximate surface area is 225 Å². The summed E-state index contributed by atoms with van der Waals surface area (Å²) in [5.74, 6) is 1.11. The smallest absolute Gasteiger partial charge is 0.226 e. The summed E-state index contributed by atoms with van der Waals surface area (Å²) >= 11 is 0. The molecule has 0 spiro atoms. The normalized spacial score (nSPS) is 13.9. The SMILES string of the molecule is CC(C)COc1cc(F)cc(CNC(=O)Cc2ccc(-c3ccc(OCCN4CCCCC4)cc3)cn2)c1. The average Bonchev–Trinajstić information content (AvgIpc) is 2.92. The highest BCUT2D eigenvalue weighted by atomic mass is 19.1. The maximum absolute atomic E-state index is 13.9. The predicted octanol–water partition coefficient (Wildman–Crippen LogP) is 5.65. The zero-order chi connectivity index (χ0) is 26.7. The molecule has 3 aromatic rings. The minimum absolute atomic E-state index is 0.149. The van der Waals surface area contributed by atoms with Crippen molar-refractivity contribution >= 4 is 5.91 Å². The average molecular weight is 520 g/mol. The van der Waals surface area contributed by atoms with Crippen molar-refractivity contribution in [2.24, 2.45) is 5.92 Å². The van der Waals surface area contributed by atoms with Crippen LogP contribution in [0.15, 0.2) is 60.8 Å². The van der Waals surface area contributed by atoms with Gasteiger partial charge in [-0.25, -0.2) is 4.39 Å². The molecule has 0 radical (unpaired) electrons. The second kappa shape index (κ2) is 13.9. The van der Waals surface area contributed by atoms with Crippen molar-refractivity contribution in [2.75, 3.05) is 32.8 Å². The topological polar surface area (TPSA) is 63.7 Å². The molecule has 7 heteroatoms. The summed E-state index contributed by atoms with van der Waals surface area (Å²) in [6.07, 6.45) is 5.84. The van der Waals surface area contributed by atoms with Gasteiger partial charge in [-0.15, -0.1) is 0 Å². The first-order valence-electron chi connectivity index (χ1n) is 13.5. The van der Waals surface area contributed by atoms with E-state index in [-0.39, 0.29) is 24.7 Å². The minimum Gasteiger partial charge on any atom is -0.493 e. The number of halogens is 1. The molecule has 2 heterocycles. The molecule has 1 N–H and O–H groups in total. The van der Waals surface area contributed by atoms with Crippen LogP contribution in [0.3, 0.4) is 0 Å². The van der Waals surface area contributed by atoms with E-state index in [1.165, 1.54) is 44.5 Å². The van der Waals surface area contributed by atoms with E-state index in [0.717, 1.165) is 23.4 Å². The van der Waals surface area contributed by atoms with E-state index in [2.05, 4.69) is 15.2 Å². The van der Waals surface area contributed by atoms with Crippen LogP contribution in [0.4, 0.5) is 4.39 Å². The molecule has 202 valence electrons. The van der Waals surface area contributed by atoms with E-state index >= 15 is 0 Å². The fourth-order valence-corrected chi connectivity index (χ4v) is 4.42. The number of rotatable bonds is 12. The van der Waals surface area contributed by atoms with E-state index in [1.807, 2.05) is 50.2 Å². The van der Waals surface area contributed by atoms with Crippen molar-refractivity contribution in [3.8, 4) is 22.6 Å². The third-order valence-electron chi connectivity index (χ3n) is 6.48. The fourth-order valence-electron chi connectivity index (χ4n) is 4.42. The quantitative estimate of drug-likeness (QED) is 0.335. The monoisotopic (exact) mass is 519 g/mol. The number of carbonyl (C=O) groups excluding carboxylic acids is 1. The zero-order valence-electron chi connectivity index (χ0n) is 22.4. The molecule has 0 saturated carbocycles. The molecule has 1 fully saturated rings. The van der Waals surface area contributed by atoms with Crippen LogP contribution in [0.2, 0.25) is 0 Å². The molecule has 1 aliphatic heterocycles. The Morgan fingerprint density at radius 1 is 0.974 bits per heavy atom. The number of amides is 1. The standard InChI is InChI=1S/C31H38FN3O3/c1-23(2)22-38-30-17-24(16-27(32)18-30)20-34-31(36)19-28-9-6-26(21-33-28)25-7-10-29(11-8-25)37-15-14-35-12-4-3-5-13-35/h6-11,16-18,21,23H,3-5,12-15,19-20,22H2,1-2H3,(H,34,36). The van der Waals surface area contributed by atoms with Gasteiger partial charge in [0.05, 0.1) is 13.0 Å². The van der Waals surface area contributed by atoms with E-state index in [1.54, 1.807) is 12.3 Å². The molecule has 1 aromatic heterocycles. The lowest BCUT2D eigenvalue weighted by Gasteiger charge is -2.26. The maximum Gasteiger partial charge on any atom is 0.226 e. The molecular formula is C31H38FN3O3. The molecule has 0 bridgehead atoms. The lowest BCUT2D eigenvalue weighted by Crippen LogP contribution is -2.33. The van der Waals surface area contributed by atoms with Crippen LogP contribution in [0, 0.1) is 11.7 Å². The van der Waals surface area contributed by atoms with Gasteiger partial charge in [0.25, 0.3) is 0 Å². The van der Waals surface area contributed by atoms with Crippen molar-refractivity contribution in [3.63, 3.8) is 0 Å².